The lowest BCUT2D eigenvalue weighted by atomic mass is 10.1. The number of rotatable bonds is 5. The molecule has 1 fully saturated rings. The highest BCUT2D eigenvalue weighted by atomic mass is 16.5. The Morgan fingerprint density at radius 1 is 1.06 bits per heavy atom. The molecular weight excluding hydrogens is 392 g/mol. The van der Waals surface area contributed by atoms with Crippen LogP contribution in [0.4, 0.5) is 4.79 Å². The van der Waals surface area contributed by atoms with E-state index >= 15 is 0 Å². The fourth-order valence-electron chi connectivity index (χ4n) is 3.58. The van der Waals surface area contributed by atoms with Gasteiger partial charge in [0, 0.05) is 22.6 Å². The van der Waals surface area contributed by atoms with Crippen molar-refractivity contribution >= 4 is 18.0 Å². The first-order chi connectivity index (χ1) is 15.0. The zero-order chi connectivity index (χ0) is 22.0. The molecule has 0 unspecified atom stereocenters. The van der Waals surface area contributed by atoms with E-state index in [-0.39, 0.29) is 5.70 Å². The Kier molecular flexibility index (Phi) is 5.29. The lowest BCUT2D eigenvalue weighted by molar-refractivity contribution is -0.115. The molecule has 1 aliphatic heterocycles. The number of urea groups is 1. The van der Waals surface area contributed by atoms with Crippen molar-refractivity contribution in [1.82, 2.24) is 15.2 Å². The van der Waals surface area contributed by atoms with E-state index in [4.69, 9.17) is 4.74 Å². The van der Waals surface area contributed by atoms with Crippen molar-refractivity contribution in [3.8, 4) is 17.5 Å². The molecule has 0 saturated carbocycles. The van der Waals surface area contributed by atoms with Gasteiger partial charge in [0.25, 0.3) is 5.91 Å². The fraction of sp³-hybridized carbons (Fsp3) is 0.125. The molecule has 0 aliphatic carbocycles. The first-order valence-corrected chi connectivity index (χ1v) is 9.70. The van der Waals surface area contributed by atoms with E-state index in [1.54, 1.807) is 12.1 Å². The van der Waals surface area contributed by atoms with Crippen LogP contribution in [0.3, 0.4) is 0 Å². The maximum absolute atomic E-state index is 11.8. The Morgan fingerprint density at radius 2 is 1.81 bits per heavy atom. The summed E-state index contributed by atoms with van der Waals surface area (Å²) in [7, 11) is 0. The van der Waals surface area contributed by atoms with Crippen LogP contribution in [0.1, 0.15) is 28.1 Å². The Bertz CT molecular complexity index is 1250. The summed E-state index contributed by atoms with van der Waals surface area (Å²) in [5, 5.41) is 13.9. The van der Waals surface area contributed by atoms with E-state index in [1.165, 1.54) is 0 Å². The van der Waals surface area contributed by atoms with Gasteiger partial charge >= 0.3 is 6.03 Å². The highest BCUT2D eigenvalue weighted by Gasteiger charge is 2.23. The summed E-state index contributed by atoms with van der Waals surface area (Å²) < 4.78 is 7.91. The van der Waals surface area contributed by atoms with Crippen LogP contribution in [0.15, 0.2) is 60.3 Å². The maximum Gasteiger partial charge on any atom is 0.326 e. The zero-order valence-corrected chi connectivity index (χ0v) is 17.1. The number of nitriles is 1. The van der Waals surface area contributed by atoms with E-state index < -0.39 is 11.9 Å². The minimum Gasteiger partial charge on any atom is -0.489 e. The summed E-state index contributed by atoms with van der Waals surface area (Å²) in [6, 6.07) is 18.6. The summed E-state index contributed by atoms with van der Waals surface area (Å²) in [5.74, 6) is 0.265. The average Bonchev–Trinajstić information content (AvgIpc) is 3.23. The molecule has 0 radical (unpaired) electrons. The van der Waals surface area contributed by atoms with Gasteiger partial charge in [0.1, 0.15) is 18.1 Å². The molecular formula is C24H20N4O3. The van der Waals surface area contributed by atoms with Gasteiger partial charge in [-0.25, -0.2) is 4.79 Å². The SMILES string of the molecule is Cc1cc(C=C2NC(=O)NC2=O)c(C)n1-c1ccc(OCc2ccccc2C#N)cc1. The number of nitrogens with zero attached hydrogens (tertiary/aromatic N) is 2. The summed E-state index contributed by atoms with van der Waals surface area (Å²) in [5.41, 5.74) is 5.40. The van der Waals surface area contributed by atoms with Gasteiger partial charge in [0.2, 0.25) is 0 Å². The van der Waals surface area contributed by atoms with Crippen molar-refractivity contribution in [1.29, 1.82) is 5.26 Å². The number of aryl methyl sites for hydroxylation is 1. The van der Waals surface area contributed by atoms with Crippen LogP contribution in [-0.4, -0.2) is 16.5 Å². The summed E-state index contributed by atoms with van der Waals surface area (Å²) >= 11 is 0. The van der Waals surface area contributed by atoms with E-state index in [9.17, 15) is 14.9 Å². The molecule has 2 heterocycles. The number of hydrogen-bond acceptors (Lipinski definition) is 4. The molecule has 1 aliphatic rings. The molecule has 1 aromatic heterocycles. The Hall–Kier alpha value is -4.31. The standard InChI is InChI=1S/C24H20N4O3/c1-15-11-19(12-22-23(29)27-24(30)26-22)16(2)28(15)20-7-9-21(10-8-20)31-14-18-6-4-3-5-17(18)13-25/h3-12H,14H2,1-2H3,(H2,26,27,29,30). The van der Waals surface area contributed by atoms with Gasteiger partial charge in [-0.3, -0.25) is 10.1 Å². The number of ether oxygens (including phenoxy) is 1. The molecule has 0 spiro atoms. The molecule has 0 bridgehead atoms. The van der Waals surface area contributed by atoms with E-state index in [2.05, 4.69) is 21.3 Å². The van der Waals surface area contributed by atoms with Crippen molar-refractivity contribution in [3.05, 3.63) is 88.4 Å². The van der Waals surface area contributed by atoms with Crippen LogP contribution in [0.25, 0.3) is 11.8 Å². The molecule has 3 amide bonds. The predicted octanol–water partition coefficient (Wildman–Crippen LogP) is 3.73. The lowest BCUT2D eigenvalue weighted by Gasteiger charge is -2.12. The highest BCUT2D eigenvalue weighted by molar-refractivity contribution is 6.14. The van der Waals surface area contributed by atoms with E-state index in [0.717, 1.165) is 28.2 Å². The van der Waals surface area contributed by atoms with Crippen LogP contribution >= 0.6 is 0 Å². The monoisotopic (exact) mass is 412 g/mol. The molecule has 7 nitrogen and oxygen atoms in total. The van der Waals surface area contributed by atoms with Crippen LogP contribution in [-0.2, 0) is 11.4 Å². The van der Waals surface area contributed by atoms with Crippen LogP contribution in [0, 0.1) is 25.2 Å². The van der Waals surface area contributed by atoms with Gasteiger partial charge in [-0.2, -0.15) is 5.26 Å². The molecule has 2 aromatic carbocycles. The molecule has 31 heavy (non-hydrogen) atoms. The number of imide groups is 1. The molecule has 3 aromatic rings. The summed E-state index contributed by atoms with van der Waals surface area (Å²) in [6.45, 7) is 4.25. The van der Waals surface area contributed by atoms with Gasteiger partial charge in [-0.15, -0.1) is 0 Å². The van der Waals surface area contributed by atoms with E-state index in [1.807, 2.05) is 62.4 Å². The number of amides is 3. The highest BCUT2D eigenvalue weighted by Crippen LogP contribution is 2.25. The van der Waals surface area contributed by atoms with Crippen molar-refractivity contribution in [2.45, 2.75) is 20.5 Å². The molecule has 2 N–H and O–H groups in total. The number of carbonyl (C=O) groups excluding carboxylic acids is 2. The van der Waals surface area contributed by atoms with Gasteiger partial charge in [0.05, 0.1) is 11.6 Å². The Morgan fingerprint density at radius 3 is 2.48 bits per heavy atom. The number of nitrogens with one attached hydrogen (secondary N) is 2. The lowest BCUT2D eigenvalue weighted by Crippen LogP contribution is -2.22. The molecule has 1 saturated heterocycles. The van der Waals surface area contributed by atoms with E-state index in [0.29, 0.717) is 17.9 Å². The smallest absolute Gasteiger partial charge is 0.326 e. The molecule has 0 atom stereocenters. The summed E-state index contributed by atoms with van der Waals surface area (Å²) in [4.78, 5) is 23.1. The third-order valence-corrected chi connectivity index (χ3v) is 5.12. The average molecular weight is 412 g/mol. The van der Waals surface area contributed by atoms with Gasteiger partial charge in [-0.05, 0) is 61.9 Å². The van der Waals surface area contributed by atoms with Crippen molar-refractivity contribution in [3.63, 3.8) is 0 Å². The minimum atomic E-state index is -0.516. The minimum absolute atomic E-state index is 0.228. The Labute approximate surface area is 179 Å². The molecule has 154 valence electrons. The van der Waals surface area contributed by atoms with Crippen LogP contribution < -0.4 is 15.4 Å². The number of carbonyl (C=O) groups is 2. The number of hydrogen-bond donors (Lipinski definition) is 2. The Balaban J connectivity index is 1.54. The second-order valence-corrected chi connectivity index (χ2v) is 7.18. The van der Waals surface area contributed by atoms with Gasteiger partial charge in [0.15, 0.2) is 0 Å². The van der Waals surface area contributed by atoms with Crippen LogP contribution in [0.5, 0.6) is 5.75 Å². The zero-order valence-electron chi connectivity index (χ0n) is 17.1. The largest absolute Gasteiger partial charge is 0.489 e. The topological polar surface area (TPSA) is 96.2 Å². The van der Waals surface area contributed by atoms with Crippen molar-refractivity contribution in [2.24, 2.45) is 0 Å². The number of aromatic nitrogens is 1. The van der Waals surface area contributed by atoms with Crippen molar-refractivity contribution in [2.75, 3.05) is 0 Å². The van der Waals surface area contributed by atoms with Crippen LogP contribution in [0.2, 0.25) is 0 Å². The summed E-state index contributed by atoms with van der Waals surface area (Å²) in [6.07, 6.45) is 1.67. The first-order valence-electron chi connectivity index (χ1n) is 9.70. The normalized spacial score (nSPS) is 14.3. The quantitative estimate of drug-likeness (QED) is 0.493. The van der Waals surface area contributed by atoms with Crippen molar-refractivity contribution < 1.29 is 14.3 Å². The van der Waals surface area contributed by atoms with Gasteiger partial charge in [-0.1, -0.05) is 18.2 Å². The second-order valence-electron chi connectivity index (χ2n) is 7.18. The first kappa shape index (κ1) is 20.0. The van der Waals surface area contributed by atoms with Gasteiger partial charge < -0.3 is 14.6 Å². The maximum atomic E-state index is 11.8. The second kappa shape index (κ2) is 8.20. The fourth-order valence-corrected chi connectivity index (χ4v) is 3.58. The third kappa shape index (κ3) is 4.05. The predicted molar refractivity (Wildman–Crippen MR) is 115 cm³/mol. The number of benzene rings is 2. The molecule has 7 heteroatoms. The molecule has 4 rings (SSSR count). The third-order valence-electron chi connectivity index (χ3n) is 5.12.